The van der Waals surface area contributed by atoms with E-state index in [1.165, 1.54) is 0 Å². The molecule has 2 unspecified atom stereocenters. The van der Waals surface area contributed by atoms with Crippen LogP contribution in [0, 0.1) is 0 Å². The molecule has 2 atom stereocenters. The van der Waals surface area contributed by atoms with Crippen LogP contribution in [-0.4, -0.2) is 15.6 Å². The molecule has 0 spiro atoms. The molecule has 2 rings (SSSR count). The smallest absolute Gasteiger partial charge is 0.114 e. The summed E-state index contributed by atoms with van der Waals surface area (Å²) in [6, 6.07) is 6.28. The quantitative estimate of drug-likeness (QED) is 0.919. The molecule has 0 aliphatic heterocycles. The van der Waals surface area contributed by atoms with Gasteiger partial charge < -0.3 is 10.3 Å². The predicted octanol–water partition coefficient (Wildman–Crippen LogP) is 3.72. The van der Waals surface area contributed by atoms with Crippen LogP contribution in [0.5, 0.6) is 0 Å². The van der Waals surface area contributed by atoms with Crippen LogP contribution in [0.25, 0.3) is 11.0 Å². The van der Waals surface area contributed by atoms with Crippen LogP contribution in [-0.2, 0) is 0 Å². The molecule has 0 fully saturated rings. The molecule has 0 saturated carbocycles. The highest BCUT2D eigenvalue weighted by molar-refractivity contribution is 6.31. The summed E-state index contributed by atoms with van der Waals surface area (Å²) in [7, 11) is 0. The zero-order valence-corrected chi connectivity index (χ0v) is 12.1. The normalized spacial score (nSPS) is 15.3. The van der Waals surface area contributed by atoms with Gasteiger partial charge >= 0.3 is 0 Å². The molecule has 18 heavy (non-hydrogen) atoms. The summed E-state index contributed by atoms with van der Waals surface area (Å²) in [5.74, 6) is 1.26. The Balaban J connectivity index is 2.68. The molecule has 4 heteroatoms. The Hall–Kier alpha value is -1.06. The fourth-order valence-electron chi connectivity index (χ4n) is 2.19. The summed E-state index contributed by atoms with van der Waals surface area (Å²) in [4.78, 5) is 4.71. The second-order valence-electron chi connectivity index (χ2n) is 5.21. The number of fused-ring (bicyclic) bond motifs is 1. The molecule has 1 heterocycles. The number of hydrogen-bond acceptors (Lipinski definition) is 2. The minimum Gasteiger partial charge on any atom is -0.327 e. The van der Waals surface area contributed by atoms with E-state index in [0.717, 1.165) is 21.9 Å². The summed E-state index contributed by atoms with van der Waals surface area (Å²) in [5, 5.41) is 0.718. The van der Waals surface area contributed by atoms with E-state index in [0.29, 0.717) is 6.04 Å². The standard InChI is InChI=1S/C14H20ClN3/c1-8(2)18-13-6-5-11(15)7-12(13)17-14(18)9(3)10(4)16/h5-10H,16H2,1-4H3. The Morgan fingerprint density at radius 1 is 1.22 bits per heavy atom. The van der Waals surface area contributed by atoms with Crippen molar-refractivity contribution >= 4 is 22.6 Å². The Bertz CT molecular complexity index is 557. The monoisotopic (exact) mass is 265 g/mol. The van der Waals surface area contributed by atoms with Crippen molar-refractivity contribution in [3.63, 3.8) is 0 Å². The highest BCUT2D eigenvalue weighted by Gasteiger charge is 2.20. The van der Waals surface area contributed by atoms with Crippen LogP contribution in [0.1, 0.15) is 45.5 Å². The van der Waals surface area contributed by atoms with E-state index in [1.54, 1.807) is 0 Å². The number of benzene rings is 1. The molecule has 1 aromatic heterocycles. The average molecular weight is 266 g/mol. The van der Waals surface area contributed by atoms with Crippen LogP contribution in [0.4, 0.5) is 0 Å². The number of nitrogens with two attached hydrogens (primary N) is 1. The fraction of sp³-hybridized carbons (Fsp3) is 0.500. The van der Waals surface area contributed by atoms with Crippen LogP contribution in [0.3, 0.4) is 0 Å². The van der Waals surface area contributed by atoms with Gasteiger partial charge in [0.25, 0.3) is 0 Å². The lowest BCUT2D eigenvalue weighted by Crippen LogP contribution is -2.25. The van der Waals surface area contributed by atoms with Crippen molar-refractivity contribution < 1.29 is 0 Å². The molecular weight excluding hydrogens is 246 g/mol. The van der Waals surface area contributed by atoms with Crippen molar-refractivity contribution in [2.75, 3.05) is 0 Å². The van der Waals surface area contributed by atoms with Crippen molar-refractivity contribution in [2.45, 2.75) is 45.7 Å². The van der Waals surface area contributed by atoms with E-state index in [-0.39, 0.29) is 12.0 Å². The van der Waals surface area contributed by atoms with Gasteiger partial charge in [0.15, 0.2) is 0 Å². The molecule has 2 N–H and O–H groups in total. The number of rotatable bonds is 3. The number of hydrogen-bond donors (Lipinski definition) is 1. The minimum absolute atomic E-state index is 0.0785. The van der Waals surface area contributed by atoms with Gasteiger partial charge in [-0.1, -0.05) is 18.5 Å². The highest BCUT2D eigenvalue weighted by Crippen LogP contribution is 2.28. The van der Waals surface area contributed by atoms with E-state index >= 15 is 0 Å². The highest BCUT2D eigenvalue weighted by atomic mass is 35.5. The lowest BCUT2D eigenvalue weighted by Gasteiger charge is -2.20. The third-order valence-corrected chi connectivity index (χ3v) is 3.63. The molecular formula is C14H20ClN3. The van der Waals surface area contributed by atoms with Crippen LogP contribution >= 0.6 is 11.6 Å². The summed E-state index contributed by atoms with van der Waals surface area (Å²) >= 11 is 6.03. The van der Waals surface area contributed by atoms with Crippen LogP contribution in [0.2, 0.25) is 5.02 Å². The molecule has 0 amide bonds. The number of aromatic nitrogens is 2. The summed E-state index contributed by atoms with van der Waals surface area (Å²) < 4.78 is 2.25. The number of imidazole rings is 1. The van der Waals surface area contributed by atoms with E-state index in [2.05, 4.69) is 25.3 Å². The first-order valence-corrected chi connectivity index (χ1v) is 6.72. The average Bonchev–Trinajstić information content (AvgIpc) is 2.65. The summed E-state index contributed by atoms with van der Waals surface area (Å²) in [6.45, 7) is 8.45. The van der Waals surface area contributed by atoms with Crippen molar-refractivity contribution in [1.82, 2.24) is 9.55 Å². The third-order valence-electron chi connectivity index (χ3n) is 3.39. The summed E-state index contributed by atoms with van der Waals surface area (Å²) in [5.41, 5.74) is 8.07. The van der Waals surface area contributed by atoms with Gasteiger partial charge in [-0.2, -0.15) is 0 Å². The van der Waals surface area contributed by atoms with Gasteiger partial charge in [-0.3, -0.25) is 0 Å². The number of halogens is 1. The third kappa shape index (κ3) is 2.25. The van der Waals surface area contributed by atoms with Gasteiger partial charge in [-0.05, 0) is 39.0 Å². The topological polar surface area (TPSA) is 43.8 Å². The lowest BCUT2D eigenvalue weighted by molar-refractivity contribution is 0.511. The van der Waals surface area contributed by atoms with Crippen molar-refractivity contribution in [1.29, 1.82) is 0 Å². The lowest BCUT2D eigenvalue weighted by atomic mass is 10.0. The van der Waals surface area contributed by atoms with Gasteiger partial charge in [0, 0.05) is 23.0 Å². The minimum atomic E-state index is 0.0785. The molecule has 0 radical (unpaired) electrons. The molecule has 98 valence electrons. The van der Waals surface area contributed by atoms with Crippen LogP contribution < -0.4 is 5.73 Å². The van der Waals surface area contributed by atoms with Crippen molar-refractivity contribution in [2.24, 2.45) is 5.73 Å². The second-order valence-corrected chi connectivity index (χ2v) is 5.65. The maximum Gasteiger partial charge on any atom is 0.114 e. The van der Waals surface area contributed by atoms with Crippen LogP contribution in [0.15, 0.2) is 18.2 Å². The van der Waals surface area contributed by atoms with Crippen molar-refractivity contribution in [3.8, 4) is 0 Å². The molecule has 3 nitrogen and oxygen atoms in total. The fourth-order valence-corrected chi connectivity index (χ4v) is 2.36. The van der Waals surface area contributed by atoms with Crippen molar-refractivity contribution in [3.05, 3.63) is 29.0 Å². The predicted molar refractivity (Wildman–Crippen MR) is 77.2 cm³/mol. The molecule has 0 bridgehead atoms. The SMILES string of the molecule is CC(N)C(C)c1nc2cc(Cl)ccc2n1C(C)C. The Morgan fingerprint density at radius 3 is 2.44 bits per heavy atom. The van der Waals surface area contributed by atoms with Gasteiger partial charge in [-0.25, -0.2) is 4.98 Å². The van der Waals surface area contributed by atoms with E-state index in [1.807, 2.05) is 25.1 Å². The van der Waals surface area contributed by atoms with Gasteiger partial charge in [-0.15, -0.1) is 0 Å². The summed E-state index contributed by atoms with van der Waals surface area (Å²) in [6.07, 6.45) is 0. The van der Waals surface area contributed by atoms with Gasteiger partial charge in [0.05, 0.1) is 11.0 Å². The largest absolute Gasteiger partial charge is 0.327 e. The molecule has 2 aromatic rings. The maximum atomic E-state index is 6.03. The zero-order chi connectivity index (χ0) is 13.4. The Labute approximate surface area is 113 Å². The first-order chi connectivity index (χ1) is 8.41. The molecule has 0 aliphatic carbocycles. The zero-order valence-electron chi connectivity index (χ0n) is 11.3. The molecule has 1 aromatic carbocycles. The van der Waals surface area contributed by atoms with E-state index in [4.69, 9.17) is 22.3 Å². The first kappa shape index (κ1) is 13.4. The molecule has 0 aliphatic rings. The van der Waals surface area contributed by atoms with E-state index in [9.17, 15) is 0 Å². The maximum absolute atomic E-state index is 6.03. The molecule has 0 saturated heterocycles. The van der Waals surface area contributed by atoms with Gasteiger partial charge in [0.2, 0.25) is 0 Å². The van der Waals surface area contributed by atoms with E-state index < -0.39 is 0 Å². The number of nitrogens with zero attached hydrogens (tertiary/aromatic N) is 2. The Kier molecular flexibility index (Phi) is 3.64. The second kappa shape index (κ2) is 4.90. The Morgan fingerprint density at radius 2 is 1.89 bits per heavy atom. The first-order valence-electron chi connectivity index (χ1n) is 6.34. The van der Waals surface area contributed by atoms with Gasteiger partial charge in [0.1, 0.15) is 5.82 Å².